The second-order valence-electron chi connectivity index (χ2n) is 3.40. The molecule has 0 bridgehead atoms. The van der Waals surface area contributed by atoms with Gasteiger partial charge in [0, 0.05) is 15.7 Å². The first kappa shape index (κ1) is 10.2. The van der Waals surface area contributed by atoms with Gasteiger partial charge in [-0.05, 0) is 30.7 Å². The molecule has 0 radical (unpaired) electrons. The van der Waals surface area contributed by atoms with E-state index in [0.29, 0.717) is 5.69 Å². The SMILES string of the molecule is Cc1cc(-c2ccc(Br)cc2)c(C=O)[nH]1. The molecule has 1 aromatic heterocycles. The van der Waals surface area contributed by atoms with Crippen molar-refractivity contribution in [2.24, 2.45) is 0 Å². The Morgan fingerprint density at radius 2 is 1.93 bits per heavy atom. The number of nitrogens with one attached hydrogen (secondary N) is 1. The van der Waals surface area contributed by atoms with Crippen molar-refractivity contribution in [2.45, 2.75) is 6.92 Å². The van der Waals surface area contributed by atoms with Crippen molar-refractivity contribution < 1.29 is 4.79 Å². The molecule has 0 aliphatic carbocycles. The number of aryl methyl sites for hydroxylation is 1. The summed E-state index contributed by atoms with van der Waals surface area (Å²) in [6.07, 6.45) is 0.852. The van der Waals surface area contributed by atoms with Crippen molar-refractivity contribution in [3.8, 4) is 11.1 Å². The van der Waals surface area contributed by atoms with Crippen LogP contribution in [-0.2, 0) is 0 Å². The van der Waals surface area contributed by atoms with Crippen LogP contribution in [0.2, 0.25) is 0 Å². The molecule has 0 atom stereocenters. The van der Waals surface area contributed by atoms with Crippen LogP contribution in [-0.4, -0.2) is 11.3 Å². The first-order valence-corrected chi connectivity index (χ1v) is 5.41. The molecule has 0 aliphatic heterocycles. The van der Waals surface area contributed by atoms with Gasteiger partial charge in [0.15, 0.2) is 6.29 Å². The van der Waals surface area contributed by atoms with E-state index >= 15 is 0 Å². The smallest absolute Gasteiger partial charge is 0.166 e. The summed E-state index contributed by atoms with van der Waals surface area (Å²) in [5.41, 5.74) is 3.63. The number of aldehydes is 1. The van der Waals surface area contributed by atoms with Gasteiger partial charge in [-0.15, -0.1) is 0 Å². The first-order chi connectivity index (χ1) is 7.20. The van der Waals surface area contributed by atoms with E-state index in [-0.39, 0.29) is 0 Å². The van der Waals surface area contributed by atoms with Gasteiger partial charge < -0.3 is 4.98 Å². The van der Waals surface area contributed by atoms with Crippen molar-refractivity contribution in [1.29, 1.82) is 0 Å². The quantitative estimate of drug-likeness (QED) is 0.826. The summed E-state index contributed by atoms with van der Waals surface area (Å²) in [6.45, 7) is 1.94. The number of carbonyl (C=O) groups is 1. The summed E-state index contributed by atoms with van der Waals surface area (Å²) >= 11 is 3.38. The third-order valence-electron chi connectivity index (χ3n) is 2.26. The molecule has 2 rings (SSSR count). The summed E-state index contributed by atoms with van der Waals surface area (Å²) in [5, 5.41) is 0. The normalized spacial score (nSPS) is 10.3. The van der Waals surface area contributed by atoms with Crippen molar-refractivity contribution in [3.05, 3.63) is 46.2 Å². The zero-order chi connectivity index (χ0) is 10.8. The minimum Gasteiger partial charge on any atom is -0.356 e. The van der Waals surface area contributed by atoms with E-state index in [9.17, 15) is 4.79 Å². The monoisotopic (exact) mass is 263 g/mol. The van der Waals surface area contributed by atoms with Gasteiger partial charge in [-0.1, -0.05) is 28.1 Å². The number of hydrogen-bond acceptors (Lipinski definition) is 1. The van der Waals surface area contributed by atoms with E-state index in [1.807, 2.05) is 37.3 Å². The number of aromatic amines is 1. The first-order valence-electron chi connectivity index (χ1n) is 4.61. The lowest BCUT2D eigenvalue weighted by Gasteiger charge is -1.99. The Morgan fingerprint density at radius 3 is 2.53 bits per heavy atom. The Labute approximate surface area is 96.5 Å². The van der Waals surface area contributed by atoms with Crippen LogP contribution in [0.15, 0.2) is 34.8 Å². The summed E-state index contributed by atoms with van der Waals surface area (Å²) in [5.74, 6) is 0. The van der Waals surface area contributed by atoms with Crippen molar-refractivity contribution in [1.82, 2.24) is 4.98 Å². The minimum atomic E-state index is 0.634. The van der Waals surface area contributed by atoms with Crippen LogP contribution in [0, 0.1) is 6.92 Å². The predicted molar refractivity (Wildman–Crippen MR) is 64.1 cm³/mol. The van der Waals surface area contributed by atoms with Gasteiger partial charge >= 0.3 is 0 Å². The van der Waals surface area contributed by atoms with Gasteiger partial charge in [0.2, 0.25) is 0 Å². The van der Waals surface area contributed by atoms with Crippen LogP contribution < -0.4 is 0 Å². The number of H-pyrrole nitrogens is 1. The van der Waals surface area contributed by atoms with Gasteiger partial charge in [-0.25, -0.2) is 0 Å². The second kappa shape index (κ2) is 4.03. The molecule has 3 heteroatoms. The second-order valence-corrected chi connectivity index (χ2v) is 4.32. The van der Waals surface area contributed by atoms with Crippen molar-refractivity contribution in [3.63, 3.8) is 0 Å². The summed E-state index contributed by atoms with van der Waals surface area (Å²) in [7, 11) is 0. The van der Waals surface area contributed by atoms with Gasteiger partial charge in [-0.3, -0.25) is 4.79 Å². The highest BCUT2D eigenvalue weighted by atomic mass is 79.9. The molecule has 0 spiro atoms. The van der Waals surface area contributed by atoms with Crippen LogP contribution in [0.1, 0.15) is 16.2 Å². The molecule has 1 heterocycles. The maximum Gasteiger partial charge on any atom is 0.166 e. The Hall–Kier alpha value is -1.35. The molecule has 0 amide bonds. The van der Waals surface area contributed by atoms with E-state index in [1.54, 1.807) is 0 Å². The molecule has 76 valence electrons. The lowest BCUT2D eigenvalue weighted by molar-refractivity contribution is 0.112. The zero-order valence-electron chi connectivity index (χ0n) is 8.25. The van der Waals surface area contributed by atoms with Gasteiger partial charge in [-0.2, -0.15) is 0 Å². The zero-order valence-corrected chi connectivity index (χ0v) is 9.84. The fourth-order valence-electron chi connectivity index (χ4n) is 1.57. The number of carbonyl (C=O) groups excluding carboxylic acids is 1. The van der Waals surface area contributed by atoms with Crippen LogP contribution in [0.5, 0.6) is 0 Å². The highest BCUT2D eigenvalue weighted by molar-refractivity contribution is 9.10. The Bertz CT molecular complexity index is 485. The number of halogens is 1. The van der Waals surface area contributed by atoms with Crippen LogP contribution in [0.4, 0.5) is 0 Å². The topological polar surface area (TPSA) is 32.9 Å². The van der Waals surface area contributed by atoms with Gasteiger partial charge in [0.25, 0.3) is 0 Å². The molecule has 0 saturated carbocycles. The number of benzene rings is 1. The molecule has 0 saturated heterocycles. The number of rotatable bonds is 2. The van der Waals surface area contributed by atoms with E-state index in [4.69, 9.17) is 0 Å². The highest BCUT2D eigenvalue weighted by Gasteiger charge is 2.07. The average molecular weight is 264 g/mol. The van der Waals surface area contributed by atoms with E-state index < -0.39 is 0 Å². The average Bonchev–Trinajstić information content (AvgIpc) is 2.61. The third kappa shape index (κ3) is 2.02. The Balaban J connectivity index is 2.52. The van der Waals surface area contributed by atoms with Crippen molar-refractivity contribution in [2.75, 3.05) is 0 Å². The number of hydrogen-bond donors (Lipinski definition) is 1. The summed E-state index contributed by atoms with van der Waals surface area (Å²) in [4.78, 5) is 13.9. The summed E-state index contributed by atoms with van der Waals surface area (Å²) in [6, 6.07) is 9.88. The molecular formula is C12H10BrNO. The molecule has 1 aromatic carbocycles. The predicted octanol–water partition coefficient (Wildman–Crippen LogP) is 3.57. The molecular weight excluding hydrogens is 254 g/mol. The molecule has 2 aromatic rings. The lowest BCUT2D eigenvalue weighted by Crippen LogP contribution is -1.83. The molecule has 15 heavy (non-hydrogen) atoms. The number of aromatic nitrogens is 1. The fraction of sp³-hybridized carbons (Fsp3) is 0.0833. The fourth-order valence-corrected chi connectivity index (χ4v) is 1.84. The van der Waals surface area contributed by atoms with Gasteiger partial charge in [0.1, 0.15) is 0 Å². The maximum absolute atomic E-state index is 10.8. The lowest BCUT2D eigenvalue weighted by atomic mass is 10.1. The maximum atomic E-state index is 10.8. The van der Waals surface area contributed by atoms with Crippen LogP contribution in [0.3, 0.4) is 0 Å². The van der Waals surface area contributed by atoms with Gasteiger partial charge in [0.05, 0.1) is 5.69 Å². The van der Waals surface area contributed by atoms with Crippen LogP contribution >= 0.6 is 15.9 Å². The van der Waals surface area contributed by atoms with Crippen molar-refractivity contribution >= 4 is 22.2 Å². The Morgan fingerprint density at radius 1 is 1.27 bits per heavy atom. The molecule has 0 aliphatic rings. The van der Waals surface area contributed by atoms with E-state index in [1.165, 1.54) is 0 Å². The largest absolute Gasteiger partial charge is 0.356 e. The molecule has 1 N–H and O–H groups in total. The third-order valence-corrected chi connectivity index (χ3v) is 2.78. The summed E-state index contributed by atoms with van der Waals surface area (Å²) < 4.78 is 1.03. The molecule has 0 fully saturated rings. The Kier molecular flexibility index (Phi) is 2.73. The molecule has 0 unspecified atom stereocenters. The standard InChI is InChI=1S/C12H10BrNO/c1-8-6-11(12(7-15)14-8)9-2-4-10(13)5-3-9/h2-7,14H,1H3. The van der Waals surface area contributed by atoms with Crippen LogP contribution in [0.25, 0.3) is 11.1 Å². The highest BCUT2D eigenvalue weighted by Crippen LogP contribution is 2.25. The minimum absolute atomic E-state index is 0.634. The van der Waals surface area contributed by atoms with E-state index in [0.717, 1.165) is 27.6 Å². The molecule has 2 nitrogen and oxygen atoms in total. The van der Waals surface area contributed by atoms with E-state index in [2.05, 4.69) is 20.9 Å².